The van der Waals surface area contributed by atoms with Crippen molar-refractivity contribution in [3.05, 3.63) is 93.7 Å². The molecule has 0 aliphatic heterocycles. The fraction of sp³-hybridized carbons (Fsp3) is 0.321. The minimum absolute atomic E-state index is 0.126. The van der Waals surface area contributed by atoms with Gasteiger partial charge in [-0.3, -0.25) is 14.4 Å². The molecular formula is C28H31N3O3S. The molecule has 6 nitrogen and oxygen atoms in total. The quantitative estimate of drug-likeness (QED) is 0.461. The van der Waals surface area contributed by atoms with E-state index in [4.69, 9.17) is 0 Å². The van der Waals surface area contributed by atoms with Crippen molar-refractivity contribution >= 4 is 29.1 Å². The van der Waals surface area contributed by atoms with Gasteiger partial charge in [0.15, 0.2) is 0 Å². The minimum Gasteiger partial charge on any atom is -0.351 e. The third-order valence-corrected chi connectivity index (χ3v) is 7.27. The molecule has 35 heavy (non-hydrogen) atoms. The summed E-state index contributed by atoms with van der Waals surface area (Å²) < 4.78 is 0. The normalized spacial score (nSPS) is 14.3. The van der Waals surface area contributed by atoms with E-state index in [-0.39, 0.29) is 36.9 Å². The number of hydrogen-bond acceptors (Lipinski definition) is 4. The van der Waals surface area contributed by atoms with Gasteiger partial charge < -0.3 is 15.5 Å². The summed E-state index contributed by atoms with van der Waals surface area (Å²) in [6.45, 7) is 2.02. The van der Waals surface area contributed by atoms with Gasteiger partial charge in [-0.1, -0.05) is 73.5 Å². The van der Waals surface area contributed by atoms with E-state index in [0.29, 0.717) is 4.88 Å². The van der Waals surface area contributed by atoms with E-state index < -0.39 is 6.04 Å². The molecule has 1 aliphatic carbocycles. The van der Waals surface area contributed by atoms with Gasteiger partial charge in [-0.15, -0.1) is 11.3 Å². The summed E-state index contributed by atoms with van der Waals surface area (Å²) in [6, 6.07) is 20.1. The van der Waals surface area contributed by atoms with Crippen molar-refractivity contribution < 1.29 is 14.4 Å². The van der Waals surface area contributed by atoms with Crippen LogP contribution in [0.3, 0.4) is 0 Å². The summed E-state index contributed by atoms with van der Waals surface area (Å²) in [4.78, 5) is 42.0. The molecule has 1 heterocycles. The number of carbonyl (C=O) groups is 3. The van der Waals surface area contributed by atoms with Crippen LogP contribution in [-0.4, -0.2) is 35.2 Å². The molecule has 2 N–H and O–H groups in total. The molecule has 0 bridgehead atoms. The number of nitrogens with one attached hydrogen (secondary N) is 2. The fourth-order valence-electron chi connectivity index (χ4n) is 4.55. The predicted molar refractivity (Wildman–Crippen MR) is 138 cm³/mol. The number of thiophene rings is 1. The first-order valence-electron chi connectivity index (χ1n) is 12.0. The van der Waals surface area contributed by atoms with E-state index in [1.165, 1.54) is 11.3 Å². The molecule has 4 rings (SSSR count). The Labute approximate surface area is 210 Å². The Balaban J connectivity index is 1.64. The van der Waals surface area contributed by atoms with Gasteiger partial charge in [0, 0.05) is 12.6 Å². The van der Waals surface area contributed by atoms with Crippen molar-refractivity contribution in [3.63, 3.8) is 0 Å². The van der Waals surface area contributed by atoms with E-state index in [0.717, 1.165) is 42.4 Å². The maximum absolute atomic E-state index is 13.7. The van der Waals surface area contributed by atoms with Crippen LogP contribution < -0.4 is 10.6 Å². The van der Waals surface area contributed by atoms with Crippen molar-refractivity contribution in [2.75, 3.05) is 6.54 Å². The molecule has 0 spiro atoms. The lowest BCUT2D eigenvalue weighted by atomic mass is 9.97. The molecule has 1 atom stereocenters. The molecular weight excluding hydrogens is 458 g/mol. The summed E-state index contributed by atoms with van der Waals surface area (Å²) in [5.41, 5.74) is 2.64. The Bertz CT molecular complexity index is 1140. The van der Waals surface area contributed by atoms with Crippen LogP contribution in [0.2, 0.25) is 0 Å². The molecule has 0 unspecified atom stereocenters. The Morgan fingerprint density at radius 2 is 1.69 bits per heavy atom. The second-order valence-electron chi connectivity index (χ2n) is 8.92. The summed E-state index contributed by atoms with van der Waals surface area (Å²) >= 11 is 1.32. The molecule has 1 aliphatic rings. The van der Waals surface area contributed by atoms with Gasteiger partial charge in [0.05, 0.1) is 11.4 Å². The van der Waals surface area contributed by atoms with E-state index in [1.807, 2.05) is 66.9 Å². The van der Waals surface area contributed by atoms with E-state index in [9.17, 15) is 14.4 Å². The van der Waals surface area contributed by atoms with Gasteiger partial charge in [0.2, 0.25) is 11.8 Å². The van der Waals surface area contributed by atoms with Gasteiger partial charge in [0.25, 0.3) is 5.91 Å². The third-order valence-electron chi connectivity index (χ3n) is 6.41. The topological polar surface area (TPSA) is 78.5 Å². The van der Waals surface area contributed by atoms with Crippen LogP contribution in [0.5, 0.6) is 0 Å². The highest BCUT2D eigenvalue weighted by Crippen LogP contribution is 2.28. The van der Waals surface area contributed by atoms with Crippen LogP contribution in [0, 0.1) is 6.92 Å². The molecule has 182 valence electrons. The van der Waals surface area contributed by atoms with Crippen LogP contribution >= 0.6 is 11.3 Å². The molecule has 1 fully saturated rings. The molecule has 0 saturated heterocycles. The first kappa shape index (κ1) is 24.7. The van der Waals surface area contributed by atoms with Crippen molar-refractivity contribution in [2.24, 2.45) is 0 Å². The fourth-order valence-corrected chi connectivity index (χ4v) is 5.19. The Kier molecular flexibility index (Phi) is 8.32. The maximum Gasteiger partial charge on any atom is 0.261 e. The lowest BCUT2D eigenvalue weighted by molar-refractivity contribution is -0.141. The molecule has 3 aromatic rings. The second-order valence-corrected chi connectivity index (χ2v) is 9.86. The summed E-state index contributed by atoms with van der Waals surface area (Å²) in [7, 11) is 0. The lowest BCUT2D eigenvalue weighted by Crippen LogP contribution is -2.48. The highest BCUT2D eigenvalue weighted by atomic mass is 32.1. The first-order chi connectivity index (χ1) is 17.0. The zero-order valence-electron chi connectivity index (χ0n) is 19.9. The molecule has 1 aromatic heterocycles. The molecule has 1 saturated carbocycles. The predicted octanol–water partition coefficient (Wildman–Crippen LogP) is 4.62. The van der Waals surface area contributed by atoms with E-state index in [2.05, 4.69) is 10.6 Å². The number of amides is 3. The Hall–Kier alpha value is -3.45. The second kappa shape index (κ2) is 11.8. The number of hydrogen-bond donors (Lipinski definition) is 2. The molecule has 3 amide bonds. The average Bonchev–Trinajstić information content (AvgIpc) is 3.58. The van der Waals surface area contributed by atoms with Gasteiger partial charge in [-0.05, 0) is 47.9 Å². The average molecular weight is 490 g/mol. The van der Waals surface area contributed by atoms with E-state index in [1.54, 1.807) is 17.0 Å². The molecule has 2 aromatic carbocycles. The van der Waals surface area contributed by atoms with Gasteiger partial charge in [0.1, 0.15) is 6.04 Å². The number of aryl methyl sites for hydroxylation is 1. The summed E-state index contributed by atoms with van der Waals surface area (Å²) in [5, 5.41) is 7.75. The summed E-state index contributed by atoms with van der Waals surface area (Å²) in [6.07, 6.45) is 4.11. The van der Waals surface area contributed by atoms with Crippen molar-refractivity contribution in [2.45, 2.75) is 51.2 Å². The van der Waals surface area contributed by atoms with Crippen molar-refractivity contribution in [1.82, 2.24) is 15.5 Å². The van der Waals surface area contributed by atoms with Crippen LogP contribution in [0.15, 0.2) is 72.1 Å². The Morgan fingerprint density at radius 3 is 2.37 bits per heavy atom. The zero-order valence-corrected chi connectivity index (χ0v) is 20.7. The monoisotopic (exact) mass is 489 g/mol. The molecule has 7 heteroatoms. The number of benzene rings is 2. The van der Waals surface area contributed by atoms with Crippen molar-refractivity contribution in [1.29, 1.82) is 0 Å². The standard InChI is InChI=1S/C28H31N3O3S/c1-20-10-5-8-15-23(20)26(28(34)30-22-13-6-7-14-22)31(19-21-11-3-2-4-12-21)25(32)18-29-27(33)24-16-9-17-35-24/h2-5,8-12,15-17,22,26H,6-7,13-14,18-19H2,1H3,(H,29,33)(H,30,34)/t26-/m1/s1. The highest BCUT2D eigenvalue weighted by molar-refractivity contribution is 7.12. The van der Waals surface area contributed by atoms with Gasteiger partial charge in [-0.25, -0.2) is 0 Å². The minimum atomic E-state index is -0.803. The highest BCUT2D eigenvalue weighted by Gasteiger charge is 2.34. The van der Waals surface area contributed by atoms with Crippen LogP contribution in [0.4, 0.5) is 0 Å². The smallest absolute Gasteiger partial charge is 0.261 e. The van der Waals surface area contributed by atoms with Gasteiger partial charge in [-0.2, -0.15) is 0 Å². The zero-order chi connectivity index (χ0) is 24.6. The number of rotatable bonds is 9. The lowest BCUT2D eigenvalue weighted by Gasteiger charge is -2.33. The SMILES string of the molecule is Cc1ccccc1[C@H](C(=O)NC1CCCC1)N(Cc1ccccc1)C(=O)CNC(=O)c1cccs1. The largest absolute Gasteiger partial charge is 0.351 e. The number of carbonyl (C=O) groups excluding carboxylic acids is 3. The summed E-state index contributed by atoms with van der Waals surface area (Å²) in [5.74, 6) is -0.787. The van der Waals surface area contributed by atoms with Crippen LogP contribution in [0.25, 0.3) is 0 Å². The molecule has 0 radical (unpaired) electrons. The number of nitrogens with zero attached hydrogens (tertiary/aromatic N) is 1. The van der Waals surface area contributed by atoms with Crippen LogP contribution in [-0.2, 0) is 16.1 Å². The first-order valence-corrected chi connectivity index (χ1v) is 12.9. The van der Waals surface area contributed by atoms with Crippen molar-refractivity contribution in [3.8, 4) is 0 Å². The maximum atomic E-state index is 13.7. The van der Waals surface area contributed by atoms with Crippen LogP contribution in [0.1, 0.15) is 58.1 Å². The third kappa shape index (κ3) is 6.36. The Morgan fingerprint density at radius 1 is 0.971 bits per heavy atom. The van der Waals surface area contributed by atoms with Gasteiger partial charge >= 0.3 is 0 Å². The van der Waals surface area contributed by atoms with E-state index >= 15 is 0 Å².